The van der Waals surface area contributed by atoms with Gasteiger partial charge in [0.05, 0.1) is 18.4 Å². The van der Waals surface area contributed by atoms with Crippen LogP contribution < -0.4 is 5.32 Å². The summed E-state index contributed by atoms with van der Waals surface area (Å²) in [4.78, 5) is 25.4. The molecule has 1 N–H and O–H groups in total. The summed E-state index contributed by atoms with van der Waals surface area (Å²) in [5.41, 5.74) is 7.43. The number of carbonyl (C=O) groups is 2. The smallest absolute Gasteiger partial charge is 0.255 e. The number of benzene rings is 2. The zero-order valence-electron chi connectivity index (χ0n) is 17.8. The van der Waals surface area contributed by atoms with Gasteiger partial charge in [-0.1, -0.05) is 66.2 Å². The first-order chi connectivity index (χ1) is 15.5. The number of amides is 1. The number of nitrogens with zero attached hydrogens (tertiary/aromatic N) is 2. The Labute approximate surface area is 186 Å². The molecule has 158 valence electrons. The number of fused-ring (bicyclic) bond motifs is 1. The number of aromatic nitrogens is 2. The third kappa shape index (κ3) is 4.10. The highest BCUT2D eigenvalue weighted by molar-refractivity contribution is 6.12. The van der Waals surface area contributed by atoms with E-state index in [9.17, 15) is 9.59 Å². The van der Waals surface area contributed by atoms with Gasteiger partial charge in [0.2, 0.25) is 0 Å². The molecule has 0 fully saturated rings. The zero-order chi connectivity index (χ0) is 22.1. The number of ketones is 1. The second kappa shape index (κ2) is 8.27. The number of rotatable bonds is 5. The van der Waals surface area contributed by atoms with Crippen LogP contribution in [-0.4, -0.2) is 21.5 Å². The van der Waals surface area contributed by atoms with Gasteiger partial charge >= 0.3 is 0 Å². The van der Waals surface area contributed by atoms with E-state index in [1.165, 1.54) is 11.1 Å². The van der Waals surface area contributed by atoms with Crippen LogP contribution in [0, 0.1) is 6.92 Å². The number of hydrogen-bond acceptors (Lipinski definition) is 3. The van der Waals surface area contributed by atoms with E-state index in [0.29, 0.717) is 29.8 Å². The topological polar surface area (TPSA) is 64.0 Å². The molecule has 2 aliphatic carbocycles. The van der Waals surface area contributed by atoms with Crippen LogP contribution >= 0.6 is 0 Å². The molecule has 5 rings (SSSR count). The summed E-state index contributed by atoms with van der Waals surface area (Å²) in [5.74, 6) is -0.187. The Morgan fingerprint density at radius 1 is 1.09 bits per heavy atom. The van der Waals surface area contributed by atoms with Crippen molar-refractivity contribution in [3.8, 4) is 0 Å². The lowest BCUT2D eigenvalue weighted by molar-refractivity contribution is -0.114. The van der Waals surface area contributed by atoms with Crippen molar-refractivity contribution in [3.63, 3.8) is 0 Å². The van der Waals surface area contributed by atoms with Crippen LogP contribution in [0.1, 0.15) is 28.7 Å². The highest BCUT2D eigenvalue weighted by atomic mass is 16.2. The second-order valence-corrected chi connectivity index (χ2v) is 8.26. The van der Waals surface area contributed by atoms with Crippen molar-refractivity contribution in [2.45, 2.75) is 26.3 Å². The van der Waals surface area contributed by atoms with E-state index < -0.39 is 0 Å². The van der Waals surface area contributed by atoms with Gasteiger partial charge in [-0.25, -0.2) is 0 Å². The first-order valence-electron chi connectivity index (χ1n) is 10.7. The second-order valence-electron chi connectivity index (χ2n) is 8.26. The normalized spacial score (nSPS) is 15.0. The maximum absolute atomic E-state index is 12.9. The van der Waals surface area contributed by atoms with Gasteiger partial charge in [-0.2, -0.15) is 5.10 Å². The molecule has 0 spiro atoms. The third-order valence-electron chi connectivity index (χ3n) is 5.84. The van der Waals surface area contributed by atoms with E-state index in [1.807, 2.05) is 24.4 Å². The van der Waals surface area contributed by atoms with Crippen LogP contribution in [0.5, 0.6) is 0 Å². The van der Waals surface area contributed by atoms with Crippen LogP contribution in [0.3, 0.4) is 0 Å². The standard InChI is InChI=1S/C27H23N3O2/c1-18-6-8-19(9-7-18)16-30-17-24(15-28-30)29-27(32)22-10-11-26(31)25(14-22)23-12-20-4-2-3-5-21(20)13-23/h2-10,12,14-15,17H,11,13,16H2,1H3,(H,29,32). The van der Waals surface area contributed by atoms with Crippen LogP contribution in [0.2, 0.25) is 0 Å². The Morgan fingerprint density at radius 3 is 2.72 bits per heavy atom. The van der Waals surface area contributed by atoms with Gasteiger partial charge in [-0.15, -0.1) is 0 Å². The van der Waals surface area contributed by atoms with Crippen molar-refractivity contribution in [2.24, 2.45) is 0 Å². The maximum atomic E-state index is 12.9. The molecule has 2 aliphatic rings. The van der Waals surface area contributed by atoms with Crippen molar-refractivity contribution in [1.29, 1.82) is 0 Å². The molecule has 0 radical (unpaired) electrons. The quantitative estimate of drug-likeness (QED) is 0.653. The molecule has 32 heavy (non-hydrogen) atoms. The van der Waals surface area contributed by atoms with Gasteiger partial charge in [0.1, 0.15) is 0 Å². The van der Waals surface area contributed by atoms with E-state index in [0.717, 1.165) is 16.7 Å². The molecule has 5 nitrogen and oxygen atoms in total. The molecule has 1 amide bonds. The molecule has 3 aromatic rings. The molecule has 0 unspecified atom stereocenters. The van der Waals surface area contributed by atoms with Gasteiger partial charge in [0.15, 0.2) is 5.78 Å². The average Bonchev–Trinajstić information content (AvgIpc) is 3.42. The van der Waals surface area contributed by atoms with Gasteiger partial charge in [0, 0.05) is 23.8 Å². The van der Waals surface area contributed by atoms with Crippen molar-refractivity contribution in [2.75, 3.05) is 5.32 Å². The van der Waals surface area contributed by atoms with Crippen molar-refractivity contribution >= 4 is 23.5 Å². The number of hydrogen-bond donors (Lipinski definition) is 1. The van der Waals surface area contributed by atoms with E-state index in [2.05, 4.69) is 53.7 Å². The largest absolute Gasteiger partial charge is 0.319 e. The molecular weight excluding hydrogens is 398 g/mol. The first-order valence-corrected chi connectivity index (χ1v) is 10.7. The summed E-state index contributed by atoms with van der Waals surface area (Å²) in [6.07, 6.45) is 9.86. The predicted molar refractivity (Wildman–Crippen MR) is 125 cm³/mol. The van der Waals surface area contributed by atoms with E-state index in [4.69, 9.17) is 0 Å². The predicted octanol–water partition coefficient (Wildman–Crippen LogP) is 4.64. The van der Waals surface area contributed by atoms with Crippen molar-refractivity contribution in [3.05, 3.63) is 112 Å². The molecule has 0 saturated carbocycles. The van der Waals surface area contributed by atoms with E-state index >= 15 is 0 Å². The van der Waals surface area contributed by atoms with Gasteiger partial charge in [-0.3, -0.25) is 14.3 Å². The van der Waals surface area contributed by atoms with Crippen molar-refractivity contribution < 1.29 is 9.59 Å². The highest BCUT2D eigenvalue weighted by Gasteiger charge is 2.24. The Balaban J connectivity index is 1.28. The number of aryl methyl sites for hydroxylation is 1. The molecule has 0 atom stereocenters. The molecule has 1 aromatic heterocycles. The monoisotopic (exact) mass is 421 g/mol. The SMILES string of the molecule is Cc1ccc(Cn2cc(NC(=O)C3=CCC(=O)C(C4=Cc5ccccc5C4)=C3)cn2)cc1. The Kier molecular flexibility index (Phi) is 5.15. The lowest BCUT2D eigenvalue weighted by Crippen LogP contribution is -2.18. The summed E-state index contributed by atoms with van der Waals surface area (Å²) in [6.45, 7) is 2.69. The number of Topliss-reactive ketones (excluding diaryl/α,β-unsaturated/α-hetero) is 1. The third-order valence-corrected chi connectivity index (χ3v) is 5.84. The van der Waals surface area contributed by atoms with Crippen LogP contribution in [-0.2, 0) is 22.6 Å². The van der Waals surface area contributed by atoms with Gasteiger partial charge < -0.3 is 5.32 Å². The van der Waals surface area contributed by atoms with Crippen molar-refractivity contribution in [1.82, 2.24) is 9.78 Å². The Hall–Kier alpha value is -3.99. The average molecular weight is 422 g/mol. The minimum absolute atomic E-state index is 0.0477. The minimum atomic E-state index is -0.235. The minimum Gasteiger partial charge on any atom is -0.319 e. The number of anilines is 1. The summed E-state index contributed by atoms with van der Waals surface area (Å²) in [7, 11) is 0. The fourth-order valence-corrected chi connectivity index (χ4v) is 4.09. The molecule has 1 heterocycles. The number of nitrogens with one attached hydrogen (secondary N) is 1. The van der Waals surface area contributed by atoms with Crippen LogP contribution in [0.25, 0.3) is 6.08 Å². The number of carbonyl (C=O) groups excluding carboxylic acids is 2. The molecular formula is C27H23N3O2. The van der Waals surface area contributed by atoms with E-state index in [1.54, 1.807) is 23.0 Å². The van der Waals surface area contributed by atoms with Crippen LogP contribution in [0.4, 0.5) is 5.69 Å². The maximum Gasteiger partial charge on any atom is 0.255 e. The zero-order valence-corrected chi connectivity index (χ0v) is 17.8. The summed E-state index contributed by atoms with van der Waals surface area (Å²) in [6, 6.07) is 16.4. The lowest BCUT2D eigenvalue weighted by atomic mass is 9.91. The molecule has 0 aliphatic heterocycles. The number of allylic oxidation sites excluding steroid dienone is 3. The summed E-state index contributed by atoms with van der Waals surface area (Å²) in [5, 5.41) is 7.25. The fraction of sp³-hybridized carbons (Fsp3) is 0.148. The van der Waals surface area contributed by atoms with E-state index in [-0.39, 0.29) is 18.1 Å². The summed E-state index contributed by atoms with van der Waals surface area (Å²) < 4.78 is 1.79. The first kappa shape index (κ1) is 19.9. The fourth-order valence-electron chi connectivity index (χ4n) is 4.09. The summed E-state index contributed by atoms with van der Waals surface area (Å²) >= 11 is 0. The highest BCUT2D eigenvalue weighted by Crippen LogP contribution is 2.32. The van der Waals surface area contributed by atoms with Crippen LogP contribution in [0.15, 0.2) is 89.8 Å². The van der Waals surface area contributed by atoms with Gasteiger partial charge in [0.25, 0.3) is 5.91 Å². The molecule has 2 aromatic carbocycles. The Morgan fingerprint density at radius 2 is 1.91 bits per heavy atom. The Bertz CT molecular complexity index is 1310. The molecule has 5 heteroatoms. The molecule has 0 saturated heterocycles. The molecule has 0 bridgehead atoms. The van der Waals surface area contributed by atoms with Gasteiger partial charge in [-0.05, 0) is 41.7 Å². The lowest BCUT2D eigenvalue weighted by Gasteiger charge is -2.14.